The summed E-state index contributed by atoms with van der Waals surface area (Å²) in [4.78, 5) is 24.4. The van der Waals surface area contributed by atoms with Crippen LogP contribution in [0.2, 0.25) is 0 Å². The maximum Gasteiger partial charge on any atom is 0.267 e. The highest BCUT2D eigenvalue weighted by atomic mass is 32.2. The molecule has 0 aromatic carbocycles. The van der Waals surface area contributed by atoms with Crippen LogP contribution in [0.25, 0.3) is 0 Å². The van der Waals surface area contributed by atoms with Gasteiger partial charge in [0.05, 0.1) is 18.3 Å². The number of anilines is 1. The highest BCUT2D eigenvalue weighted by molar-refractivity contribution is 7.98. The number of fused-ring (bicyclic) bond motifs is 2. The predicted octanol–water partition coefficient (Wildman–Crippen LogP) is 2.76. The molecule has 4 heterocycles. The first-order valence-electron chi connectivity index (χ1n) is 10.6. The van der Waals surface area contributed by atoms with Crippen LogP contribution in [0.4, 0.5) is 5.82 Å². The lowest BCUT2D eigenvalue weighted by molar-refractivity contribution is 0.479. The number of nitrogens with zero attached hydrogens (tertiary/aromatic N) is 5. The van der Waals surface area contributed by atoms with Crippen molar-refractivity contribution in [2.24, 2.45) is 0 Å². The molecule has 148 valence electrons. The molecule has 6 nitrogen and oxygen atoms in total. The van der Waals surface area contributed by atoms with Crippen LogP contribution in [0.1, 0.15) is 54.6 Å². The van der Waals surface area contributed by atoms with Gasteiger partial charge in [0, 0.05) is 36.0 Å². The van der Waals surface area contributed by atoms with Crippen molar-refractivity contribution in [2.45, 2.75) is 69.7 Å². The summed E-state index contributed by atoms with van der Waals surface area (Å²) in [5.41, 5.74) is 4.85. The van der Waals surface area contributed by atoms with Gasteiger partial charge in [-0.25, -0.2) is 14.6 Å². The van der Waals surface area contributed by atoms with E-state index in [4.69, 9.17) is 10.1 Å². The fourth-order valence-electron chi connectivity index (χ4n) is 4.82. The van der Waals surface area contributed by atoms with Crippen LogP contribution >= 0.6 is 11.8 Å². The average molecular weight is 398 g/mol. The van der Waals surface area contributed by atoms with Gasteiger partial charge in [-0.1, -0.05) is 6.42 Å². The van der Waals surface area contributed by atoms with Gasteiger partial charge in [0.1, 0.15) is 12.1 Å². The number of hydrogen-bond acceptors (Lipinski definition) is 6. The normalized spacial score (nSPS) is 21.9. The molecule has 0 spiro atoms. The van der Waals surface area contributed by atoms with E-state index >= 15 is 0 Å². The lowest BCUT2D eigenvalue weighted by Crippen LogP contribution is -2.38. The molecule has 1 atom stereocenters. The van der Waals surface area contributed by atoms with E-state index in [1.807, 2.05) is 17.8 Å². The Bertz CT molecular complexity index is 927. The average Bonchev–Trinajstić information content (AvgIpc) is 3.02. The van der Waals surface area contributed by atoms with Crippen LogP contribution in [0.3, 0.4) is 0 Å². The van der Waals surface area contributed by atoms with Gasteiger partial charge in [0.15, 0.2) is 0 Å². The van der Waals surface area contributed by atoms with Gasteiger partial charge >= 0.3 is 0 Å². The van der Waals surface area contributed by atoms with Crippen molar-refractivity contribution in [1.29, 1.82) is 0 Å². The molecule has 28 heavy (non-hydrogen) atoms. The molecule has 1 unspecified atom stereocenters. The maximum atomic E-state index is 12.6. The quantitative estimate of drug-likeness (QED) is 0.742. The molecule has 0 radical (unpaired) electrons. The first-order chi connectivity index (χ1) is 13.8. The monoisotopic (exact) mass is 397 g/mol. The first-order valence-corrected chi connectivity index (χ1v) is 11.7. The summed E-state index contributed by atoms with van der Waals surface area (Å²) in [5, 5.41) is 4.74. The zero-order valence-electron chi connectivity index (χ0n) is 16.3. The Balaban J connectivity index is 1.44. The van der Waals surface area contributed by atoms with E-state index in [-0.39, 0.29) is 11.6 Å². The first kappa shape index (κ1) is 18.2. The van der Waals surface area contributed by atoms with E-state index in [2.05, 4.69) is 9.88 Å². The van der Waals surface area contributed by atoms with E-state index in [1.165, 1.54) is 30.5 Å². The van der Waals surface area contributed by atoms with Gasteiger partial charge in [0.2, 0.25) is 0 Å². The molecular formula is C21H27N5OS. The standard InChI is InChI=1S/C21H27N5OS/c27-20-11-15-13-28-10-8-18(15)24-26(20)12-16-5-4-9-25(16)21-17-6-2-1-3-7-19(17)22-14-23-21/h11,14,16H,1-10,12-13H2. The van der Waals surface area contributed by atoms with E-state index < -0.39 is 0 Å². The second-order valence-electron chi connectivity index (χ2n) is 8.11. The summed E-state index contributed by atoms with van der Waals surface area (Å²) in [6.45, 7) is 1.66. The SMILES string of the molecule is O=c1cc2c(nn1CC1CCCN1c1ncnc3c1CCCCC3)CCSC2. The molecule has 2 aromatic heterocycles. The lowest BCUT2D eigenvalue weighted by Gasteiger charge is -2.28. The van der Waals surface area contributed by atoms with E-state index in [1.54, 1.807) is 11.0 Å². The van der Waals surface area contributed by atoms with Gasteiger partial charge in [-0.05, 0) is 49.8 Å². The number of thioether (sulfide) groups is 1. The molecule has 2 aromatic rings. The summed E-state index contributed by atoms with van der Waals surface area (Å²) in [7, 11) is 0. The van der Waals surface area contributed by atoms with Crippen molar-refractivity contribution >= 4 is 17.6 Å². The fourth-order valence-corrected chi connectivity index (χ4v) is 5.77. The van der Waals surface area contributed by atoms with Crippen LogP contribution in [0, 0.1) is 0 Å². The molecule has 1 saturated heterocycles. The molecule has 0 bridgehead atoms. The van der Waals surface area contributed by atoms with Gasteiger partial charge in [-0.2, -0.15) is 16.9 Å². The molecule has 3 aliphatic rings. The number of aromatic nitrogens is 4. The zero-order valence-corrected chi connectivity index (χ0v) is 17.1. The van der Waals surface area contributed by atoms with Crippen molar-refractivity contribution in [3.63, 3.8) is 0 Å². The van der Waals surface area contributed by atoms with Gasteiger partial charge < -0.3 is 4.90 Å². The summed E-state index contributed by atoms with van der Waals surface area (Å²) >= 11 is 1.89. The number of rotatable bonds is 3. The Kier molecular flexibility index (Phi) is 5.09. The number of hydrogen-bond donors (Lipinski definition) is 0. The summed E-state index contributed by atoms with van der Waals surface area (Å²) in [6.07, 6.45) is 10.8. The Labute approximate surface area is 169 Å². The second kappa shape index (κ2) is 7.85. The third-order valence-corrected chi connectivity index (χ3v) is 7.30. The fraction of sp³-hybridized carbons (Fsp3) is 0.619. The molecule has 2 aliphatic heterocycles. The van der Waals surface area contributed by atoms with Crippen molar-refractivity contribution < 1.29 is 0 Å². The Morgan fingerprint density at radius 1 is 1.07 bits per heavy atom. The van der Waals surface area contributed by atoms with Gasteiger partial charge in [-0.3, -0.25) is 4.79 Å². The van der Waals surface area contributed by atoms with Gasteiger partial charge in [-0.15, -0.1) is 0 Å². The lowest BCUT2D eigenvalue weighted by atomic mass is 10.1. The van der Waals surface area contributed by atoms with Crippen molar-refractivity contribution in [1.82, 2.24) is 19.7 Å². The minimum absolute atomic E-state index is 0.0367. The molecular weight excluding hydrogens is 370 g/mol. The number of aryl methyl sites for hydroxylation is 2. The molecule has 0 saturated carbocycles. The van der Waals surface area contributed by atoms with Crippen LogP contribution in [0.15, 0.2) is 17.2 Å². The second-order valence-corrected chi connectivity index (χ2v) is 9.22. The third-order valence-electron chi connectivity index (χ3n) is 6.29. The zero-order chi connectivity index (χ0) is 18.9. The Hall–Kier alpha value is -1.89. The Morgan fingerprint density at radius 2 is 2.00 bits per heavy atom. The predicted molar refractivity (Wildman–Crippen MR) is 112 cm³/mol. The molecule has 7 heteroatoms. The molecule has 0 N–H and O–H groups in total. The van der Waals surface area contributed by atoms with Crippen molar-refractivity contribution in [2.75, 3.05) is 17.2 Å². The Morgan fingerprint density at radius 3 is 2.96 bits per heavy atom. The highest BCUT2D eigenvalue weighted by Gasteiger charge is 2.30. The third kappa shape index (κ3) is 3.45. The summed E-state index contributed by atoms with van der Waals surface area (Å²) < 4.78 is 1.71. The van der Waals surface area contributed by atoms with E-state index in [9.17, 15) is 4.79 Å². The van der Waals surface area contributed by atoms with Crippen molar-refractivity contribution in [3.8, 4) is 0 Å². The minimum atomic E-state index is 0.0367. The molecule has 1 fully saturated rings. The largest absolute Gasteiger partial charge is 0.351 e. The van der Waals surface area contributed by atoms with E-state index in [0.29, 0.717) is 6.54 Å². The van der Waals surface area contributed by atoms with Crippen molar-refractivity contribution in [3.05, 3.63) is 45.3 Å². The molecule has 1 aliphatic carbocycles. The van der Waals surface area contributed by atoms with Crippen LogP contribution in [0.5, 0.6) is 0 Å². The molecule has 5 rings (SSSR count). The summed E-state index contributed by atoms with van der Waals surface area (Å²) in [5.74, 6) is 3.12. The summed E-state index contributed by atoms with van der Waals surface area (Å²) in [6, 6.07) is 2.09. The van der Waals surface area contributed by atoms with Crippen LogP contribution in [-0.4, -0.2) is 38.1 Å². The molecule has 0 amide bonds. The highest BCUT2D eigenvalue weighted by Crippen LogP contribution is 2.31. The van der Waals surface area contributed by atoms with Crippen LogP contribution in [-0.2, 0) is 31.6 Å². The topological polar surface area (TPSA) is 63.9 Å². The maximum absolute atomic E-state index is 12.6. The minimum Gasteiger partial charge on any atom is -0.351 e. The van der Waals surface area contributed by atoms with E-state index in [0.717, 1.165) is 67.2 Å². The smallest absolute Gasteiger partial charge is 0.267 e. The van der Waals surface area contributed by atoms with Gasteiger partial charge in [0.25, 0.3) is 5.56 Å². The van der Waals surface area contributed by atoms with Crippen LogP contribution < -0.4 is 10.5 Å².